The number of rotatable bonds is 7. The molecule has 1 heterocycles. The molecule has 0 aliphatic carbocycles. The van der Waals surface area contributed by atoms with Gasteiger partial charge in [0.15, 0.2) is 0 Å². The maximum absolute atomic E-state index is 12.5. The Morgan fingerprint density at radius 1 is 1.03 bits per heavy atom. The van der Waals surface area contributed by atoms with Crippen molar-refractivity contribution in [3.63, 3.8) is 0 Å². The Hall–Kier alpha value is -3.09. The van der Waals surface area contributed by atoms with Crippen LogP contribution in [0.25, 0.3) is 0 Å². The van der Waals surface area contributed by atoms with Crippen molar-refractivity contribution in [1.82, 2.24) is 0 Å². The van der Waals surface area contributed by atoms with Crippen LogP contribution < -0.4 is 9.47 Å². The number of hydrogen-bond donors (Lipinski definition) is 6. The lowest BCUT2D eigenvalue weighted by Crippen LogP contribution is -2.60. The van der Waals surface area contributed by atoms with Crippen molar-refractivity contribution in [3.05, 3.63) is 47.5 Å². The standard InChI is InChI=1S/C21H24O11/c1-29-14-4-2-3-12(24)16(14)20(28)30-9-10-7-11(23)5-6-13(10)31-21-19(27)18(26)17(25)15(8-22)32-21/h2-7,15,17-19,21-27H,8-9H2,1H3/t15-,17-,18+,19-,21+/m1/s1. The van der Waals surface area contributed by atoms with E-state index in [2.05, 4.69) is 0 Å². The summed E-state index contributed by atoms with van der Waals surface area (Å²) in [6, 6.07) is 8.10. The third kappa shape index (κ3) is 4.87. The van der Waals surface area contributed by atoms with Gasteiger partial charge in [-0.1, -0.05) is 6.07 Å². The Balaban J connectivity index is 1.78. The highest BCUT2D eigenvalue weighted by molar-refractivity contribution is 5.95. The fourth-order valence-electron chi connectivity index (χ4n) is 3.19. The van der Waals surface area contributed by atoms with Gasteiger partial charge in [0.25, 0.3) is 0 Å². The summed E-state index contributed by atoms with van der Waals surface area (Å²) in [6.45, 7) is -1.04. The van der Waals surface area contributed by atoms with Crippen LogP contribution in [0.4, 0.5) is 0 Å². The van der Waals surface area contributed by atoms with E-state index in [4.69, 9.17) is 18.9 Å². The topological polar surface area (TPSA) is 175 Å². The van der Waals surface area contributed by atoms with Crippen LogP contribution in [0.15, 0.2) is 36.4 Å². The van der Waals surface area contributed by atoms with Gasteiger partial charge in [-0.25, -0.2) is 4.79 Å². The molecule has 6 N–H and O–H groups in total. The van der Waals surface area contributed by atoms with Gasteiger partial charge < -0.3 is 49.6 Å². The van der Waals surface area contributed by atoms with Crippen molar-refractivity contribution in [1.29, 1.82) is 0 Å². The number of esters is 1. The van der Waals surface area contributed by atoms with Crippen LogP contribution in [0.2, 0.25) is 0 Å². The first-order valence-electron chi connectivity index (χ1n) is 9.59. The number of phenols is 2. The van der Waals surface area contributed by atoms with E-state index in [-0.39, 0.29) is 34.1 Å². The van der Waals surface area contributed by atoms with Crippen molar-refractivity contribution >= 4 is 5.97 Å². The van der Waals surface area contributed by atoms with Gasteiger partial charge in [-0.2, -0.15) is 0 Å². The Morgan fingerprint density at radius 3 is 2.47 bits per heavy atom. The minimum atomic E-state index is -1.65. The molecule has 3 rings (SSSR count). The van der Waals surface area contributed by atoms with Gasteiger partial charge in [-0.05, 0) is 30.3 Å². The van der Waals surface area contributed by atoms with Crippen LogP contribution in [-0.4, -0.2) is 81.0 Å². The van der Waals surface area contributed by atoms with E-state index in [1.165, 1.54) is 43.5 Å². The van der Waals surface area contributed by atoms with Crippen LogP contribution in [0.5, 0.6) is 23.0 Å². The Morgan fingerprint density at radius 2 is 1.78 bits per heavy atom. The molecule has 1 fully saturated rings. The molecule has 2 aromatic rings. The SMILES string of the molecule is COc1cccc(O)c1C(=O)OCc1cc(O)ccc1O[C@H]1O[C@H](CO)[C@@H](O)[C@H](O)[C@H]1O. The lowest BCUT2D eigenvalue weighted by molar-refractivity contribution is -0.277. The Kier molecular flexibility index (Phi) is 7.38. The number of aliphatic hydroxyl groups excluding tert-OH is 4. The first kappa shape index (κ1) is 23.6. The van der Waals surface area contributed by atoms with E-state index in [9.17, 15) is 35.4 Å². The molecule has 0 unspecified atom stereocenters. The Labute approximate surface area is 182 Å². The summed E-state index contributed by atoms with van der Waals surface area (Å²) in [6.07, 6.45) is -7.49. The zero-order valence-electron chi connectivity index (χ0n) is 17.0. The van der Waals surface area contributed by atoms with E-state index in [1.807, 2.05) is 0 Å². The average Bonchev–Trinajstić information content (AvgIpc) is 2.78. The second kappa shape index (κ2) is 10.0. The zero-order valence-corrected chi connectivity index (χ0v) is 17.0. The molecule has 2 aromatic carbocycles. The third-order valence-corrected chi connectivity index (χ3v) is 4.92. The van der Waals surface area contributed by atoms with Crippen molar-refractivity contribution in [2.24, 2.45) is 0 Å². The molecule has 32 heavy (non-hydrogen) atoms. The summed E-state index contributed by atoms with van der Waals surface area (Å²) in [5.74, 6) is -1.28. The number of methoxy groups -OCH3 is 1. The molecular formula is C21H24O11. The lowest BCUT2D eigenvalue weighted by Gasteiger charge is -2.39. The first-order valence-corrected chi connectivity index (χ1v) is 9.59. The number of carbonyl (C=O) groups is 1. The molecule has 1 aliphatic heterocycles. The average molecular weight is 452 g/mol. The van der Waals surface area contributed by atoms with E-state index >= 15 is 0 Å². The summed E-state index contributed by atoms with van der Waals surface area (Å²) in [5.41, 5.74) is -0.0174. The smallest absolute Gasteiger partial charge is 0.346 e. The molecule has 5 atom stereocenters. The van der Waals surface area contributed by atoms with E-state index in [1.54, 1.807) is 0 Å². The molecule has 0 radical (unpaired) electrons. The van der Waals surface area contributed by atoms with Gasteiger partial charge in [0.1, 0.15) is 59.6 Å². The number of carbonyl (C=O) groups excluding carboxylic acids is 1. The summed E-state index contributed by atoms with van der Waals surface area (Å²) in [4.78, 5) is 12.5. The van der Waals surface area contributed by atoms with Gasteiger partial charge >= 0.3 is 5.97 Å². The second-order valence-corrected chi connectivity index (χ2v) is 7.04. The fraction of sp³-hybridized carbons (Fsp3) is 0.381. The van der Waals surface area contributed by atoms with Gasteiger partial charge in [0, 0.05) is 5.56 Å². The molecular weight excluding hydrogens is 428 g/mol. The van der Waals surface area contributed by atoms with Crippen LogP contribution in [0.3, 0.4) is 0 Å². The quantitative estimate of drug-likeness (QED) is 0.303. The van der Waals surface area contributed by atoms with Crippen molar-refractivity contribution < 1.29 is 54.4 Å². The second-order valence-electron chi connectivity index (χ2n) is 7.04. The molecule has 1 saturated heterocycles. The Bertz CT molecular complexity index is 945. The highest BCUT2D eigenvalue weighted by Gasteiger charge is 2.44. The molecule has 174 valence electrons. The van der Waals surface area contributed by atoms with Gasteiger partial charge in [-0.15, -0.1) is 0 Å². The highest BCUT2D eigenvalue weighted by atomic mass is 16.7. The van der Waals surface area contributed by atoms with Crippen LogP contribution in [0, 0.1) is 0 Å². The third-order valence-electron chi connectivity index (χ3n) is 4.92. The van der Waals surface area contributed by atoms with Gasteiger partial charge in [0.2, 0.25) is 6.29 Å². The van der Waals surface area contributed by atoms with Crippen LogP contribution in [0.1, 0.15) is 15.9 Å². The predicted octanol–water partition coefficient (Wildman–Crippen LogP) is -0.358. The lowest BCUT2D eigenvalue weighted by atomic mass is 9.99. The van der Waals surface area contributed by atoms with E-state index in [0.717, 1.165) is 0 Å². The fourth-order valence-corrected chi connectivity index (χ4v) is 3.19. The first-order chi connectivity index (χ1) is 15.3. The van der Waals surface area contributed by atoms with Crippen molar-refractivity contribution in [2.75, 3.05) is 13.7 Å². The van der Waals surface area contributed by atoms with E-state index in [0.29, 0.717) is 0 Å². The summed E-state index contributed by atoms with van der Waals surface area (Å²) >= 11 is 0. The number of hydrogen-bond acceptors (Lipinski definition) is 11. The molecule has 0 amide bonds. The number of benzene rings is 2. The molecule has 11 heteroatoms. The molecule has 0 saturated carbocycles. The number of phenolic OH excluding ortho intramolecular Hbond substituents is 2. The maximum atomic E-state index is 12.5. The summed E-state index contributed by atoms with van der Waals surface area (Å²) in [7, 11) is 1.33. The molecule has 0 bridgehead atoms. The maximum Gasteiger partial charge on any atom is 0.346 e. The number of ether oxygens (including phenoxy) is 4. The minimum absolute atomic E-state index is 0.0316. The van der Waals surface area contributed by atoms with Gasteiger partial charge in [0.05, 0.1) is 13.7 Å². The summed E-state index contributed by atoms with van der Waals surface area (Å²) < 4.78 is 21.2. The molecule has 0 aromatic heterocycles. The largest absolute Gasteiger partial charge is 0.508 e. The van der Waals surface area contributed by atoms with Crippen LogP contribution >= 0.6 is 0 Å². The molecule has 1 aliphatic rings. The zero-order chi connectivity index (χ0) is 23.4. The molecule has 0 spiro atoms. The molecule has 11 nitrogen and oxygen atoms in total. The summed E-state index contributed by atoms with van der Waals surface area (Å²) in [5, 5.41) is 59.1. The van der Waals surface area contributed by atoms with Crippen molar-refractivity contribution in [3.8, 4) is 23.0 Å². The van der Waals surface area contributed by atoms with E-state index < -0.39 is 49.9 Å². The number of aromatic hydroxyl groups is 2. The van der Waals surface area contributed by atoms with Crippen LogP contribution in [-0.2, 0) is 16.1 Å². The normalized spacial score (nSPS) is 25.2. The van der Waals surface area contributed by atoms with Crippen molar-refractivity contribution in [2.45, 2.75) is 37.3 Å². The minimum Gasteiger partial charge on any atom is -0.508 e. The highest BCUT2D eigenvalue weighted by Crippen LogP contribution is 2.31. The number of aliphatic hydroxyl groups is 4. The van der Waals surface area contributed by atoms with Gasteiger partial charge in [-0.3, -0.25) is 0 Å². The predicted molar refractivity (Wildman–Crippen MR) is 106 cm³/mol. The monoisotopic (exact) mass is 452 g/mol.